The number of aromatic carboxylic acids is 1. The number of fused-ring (bicyclic) bond motifs is 1. The van der Waals surface area contributed by atoms with Crippen molar-refractivity contribution in [2.24, 2.45) is 0 Å². The molecule has 1 aliphatic carbocycles. The van der Waals surface area contributed by atoms with Crippen molar-refractivity contribution in [2.75, 3.05) is 23.4 Å². The number of ether oxygens (including phenoxy) is 1. The Hall–Kier alpha value is -3.75. The Kier molecular flexibility index (Phi) is 5.34. The standard InChI is InChI=1S/C25H22F3N3O3/c26-25(27,28)19-5-1-16(2-6-19)15-31-13-14-34-20-9-12-29-22(21(20)31)30-24(10-11-24)18-7-3-17(4-8-18)23(32)33/h1-9,12H,10-11,13-15H2,(H,29,30)(H,32,33). The summed E-state index contributed by atoms with van der Waals surface area (Å²) in [4.78, 5) is 17.8. The van der Waals surface area contributed by atoms with Crippen LogP contribution >= 0.6 is 0 Å². The number of rotatable bonds is 6. The Morgan fingerprint density at radius 1 is 1.09 bits per heavy atom. The van der Waals surface area contributed by atoms with Gasteiger partial charge in [-0.1, -0.05) is 24.3 Å². The van der Waals surface area contributed by atoms with Gasteiger partial charge in [-0.15, -0.1) is 0 Å². The molecule has 1 saturated carbocycles. The van der Waals surface area contributed by atoms with Crippen LogP contribution in [0, 0.1) is 0 Å². The molecule has 2 aliphatic rings. The first-order valence-corrected chi connectivity index (χ1v) is 10.9. The SMILES string of the molecule is O=C(O)c1ccc(C2(Nc3nccc4c3N(Cc3ccc(C(F)(F)F)cc3)CCO4)CC2)cc1. The molecular formula is C25H22F3N3O3. The summed E-state index contributed by atoms with van der Waals surface area (Å²) in [6.07, 6.45) is -0.978. The molecule has 1 fully saturated rings. The van der Waals surface area contributed by atoms with Gasteiger partial charge in [0.15, 0.2) is 5.82 Å². The maximum atomic E-state index is 12.9. The van der Waals surface area contributed by atoms with E-state index in [0.717, 1.165) is 41.8 Å². The molecule has 0 bridgehead atoms. The van der Waals surface area contributed by atoms with Crippen molar-refractivity contribution in [3.8, 4) is 5.75 Å². The van der Waals surface area contributed by atoms with Crippen molar-refractivity contribution in [3.63, 3.8) is 0 Å². The lowest BCUT2D eigenvalue weighted by Gasteiger charge is -2.33. The zero-order valence-electron chi connectivity index (χ0n) is 18.1. The third-order valence-corrected chi connectivity index (χ3v) is 6.27. The van der Waals surface area contributed by atoms with Gasteiger partial charge >= 0.3 is 12.1 Å². The van der Waals surface area contributed by atoms with Gasteiger partial charge < -0.3 is 20.1 Å². The number of halogens is 3. The average molecular weight is 469 g/mol. The van der Waals surface area contributed by atoms with Gasteiger partial charge in [0, 0.05) is 18.8 Å². The number of nitrogens with zero attached hydrogens (tertiary/aromatic N) is 2. The molecular weight excluding hydrogens is 447 g/mol. The Bertz CT molecular complexity index is 1210. The quantitative estimate of drug-likeness (QED) is 0.511. The fourth-order valence-electron chi connectivity index (χ4n) is 4.27. The van der Waals surface area contributed by atoms with Crippen molar-refractivity contribution in [1.82, 2.24) is 4.98 Å². The van der Waals surface area contributed by atoms with Crippen LogP contribution in [0.5, 0.6) is 5.75 Å². The van der Waals surface area contributed by atoms with Crippen molar-refractivity contribution < 1.29 is 27.8 Å². The zero-order valence-corrected chi connectivity index (χ0v) is 18.1. The van der Waals surface area contributed by atoms with Crippen LogP contribution in [0.1, 0.15) is 39.9 Å². The molecule has 2 aromatic carbocycles. The number of nitrogens with one attached hydrogen (secondary N) is 1. The van der Waals surface area contributed by atoms with Crippen LogP contribution in [-0.2, 0) is 18.3 Å². The topological polar surface area (TPSA) is 74.7 Å². The van der Waals surface area contributed by atoms with E-state index in [1.165, 1.54) is 12.1 Å². The number of carbonyl (C=O) groups is 1. The first-order valence-electron chi connectivity index (χ1n) is 10.9. The molecule has 2 N–H and O–H groups in total. The molecule has 0 atom stereocenters. The summed E-state index contributed by atoms with van der Waals surface area (Å²) >= 11 is 0. The van der Waals surface area contributed by atoms with E-state index in [4.69, 9.17) is 9.84 Å². The van der Waals surface area contributed by atoms with Gasteiger partial charge in [-0.05, 0) is 48.2 Å². The van der Waals surface area contributed by atoms with E-state index in [0.29, 0.717) is 31.3 Å². The molecule has 9 heteroatoms. The Balaban J connectivity index is 1.41. The Morgan fingerprint density at radius 2 is 1.79 bits per heavy atom. The molecule has 5 rings (SSSR count). The minimum atomic E-state index is -4.37. The fraction of sp³-hybridized carbons (Fsp3) is 0.280. The molecule has 6 nitrogen and oxygen atoms in total. The van der Waals surface area contributed by atoms with Crippen molar-refractivity contribution in [3.05, 3.63) is 83.0 Å². The Morgan fingerprint density at radius 3 is 2.41 bits per heavy atom. The van der Waals surface area contributed by atoms with Gasteiger partial charge in [0.1, 0.15) is 18.0 Å². The van der Waals surface area contributed by atoms with E-state index in [1.807, 2.05) is 12.1 Å². The summed E-state index contributed by atoms with van der Waals surface area (Å²) in [6.45, 7) is 1.43. The van der Waals surface area contributed by atoms with Crippen LogP contribution in [0.4, 0.5) is 24.7 Å². The predicted octanol–water partition coefficient (Wildman–Crippen LogP) is 5.30. The van der Waals surface area contributed by atoms with Crippen molar-refractivity contribution in [1.29, 1.82) is 0 Å². The molecule has 0 amide bonds. The van der Waals surface area contributed by atoms with Gasteiger partial charge in [0.25, 0.3) is 0 Å². The van der Waals surface area contributed by atoms with Crippen LogP contribution < -0.4 is 15.0 Å². The average Bonchev–Trinajstić information content (AvgIpc) is 3.60. The number of carboxylic acid groups (broad SMARTS) is 1. The number of aromatic nitrogens is 1. The number of hydrogen-bond acceptors (Lipinski definition) is 5. The molecule has 2 heterocycles. The van der Waals surface area contributed by atoms with E-state index >= 15 is 0 Å². The smallest absolute Gasteiger partial charge is 0.416 e. The molecule has 0 radical (unpaired) electrons. The third kappa shape index (κ3) is 4.25. The molecule has 0 unspecified atom stereocenters. The molecule has 0 saturated heterocycles. The maximum absolute atomic E-state index is 12.9. The maximum Gasteiger partial charge on any atom is 0.416 e. The molecule has 3 aromatic rings. The lowest BCUT2D eigenvalue weighted by Crippen LogP contribution is -2.34. The highest BCUT2D eigenvalue weighted by Gasteiger charge is 2.45. The van der Waals surface area contributed by atoms with Gasteiger partial charge in [-0.2, -0.15) is 13.2 Å². The summed E-state index contributed by atoms with van der Waals surface area (Å²) < 4.78 is 44.6. The normalized spacial score (nSPS) is 16.4. The number of benzene rings is 2. The first kappa shape index (κ1) is 22.1. The van der Waals surface area contributed by atoms with Gasteiger partial charge in [-0.25, -0.2) is 9.78 Å². The van der Waals surface area contributed by atoms with Crippen LogP contribution in [-0.4, -0.2) is 29.2 Å². The highest BCUT2D eigenvalue weighted by atomic mass is 19.4. The van der Waals surface area contributed by atoms with E-state index in [1.54, 1.807) is 24.4 Å². The lowest BCUT2D eigenvalue weighted by molar-refractivity contribution is -0.137. The first-order chi connectivity index (χ1) is 16.2. The number of hydrogen-bond donors (Lipinski definition) is 2. The van der Waals surface area contributed by atoms with Crippen molar-refractivity contribution in [2.45, 2.75) is 31.1 Å². The number of anilines is 2. The van der Waals surface area contributed by atoms with Crippen LogP contribution in [0.15, 0.2) is 60.8 Å². The van der Waals surface area contributed by atoms with Crippen LogP contribution in [0.3, 0.4) is 0 Å². The summed E-state index contributed by atoms with van der Waals surface area (Å²) in [7, 11) is 0. The van der Waals surface area contributed by atoms with Crippen LogP contribution in [0.2, 0.25) is 0 Å². The minimum Gasteiger partial charge on any atom is -0.489 e. The second-order valence-electron chi connectivity index (χ2n) is 8.56. The second-order valence-corrected chi connectivity index (χ2v) is 8.56. The molecule has 176 valence electrons. The van der Waals surface area contributed by atoms with Crippen molar-refractivity contribution >= 4 is 17.5 Å². The highest BCUT2D eigenvalue weighted by molar-refractivity contribution is 5.87. The van der Waals surface area contributed by atoms with Gasteiger partial charge in [-0.3, -0.25) is 0 Å². The van der Waals surface area contributed by atoms with E-state index < -0.39 is 17.7 Å². The zero-order chi connectivity index (χ0) is 23.9. The summed E-state index contributed by atoms with van der Waals surface area (Å²) in [5.41, 5.74) is 1.69. The van der Waals surface area contributed by atoms with E-state index in [-0.39, 0.29) is 11.1 Å². The largest absolute Gasteiger partial charge is 0.489 e. The monoisotopic (exact) mass is 469 g/mol. The molecule has 1 aliphatic heterocycles. The minimum absolute atomic E-state index is 0.228. The predicted molar refractivity (Wildman–Crippen MR) is 120 cm³/mol. The van der Waals surface area contributed by atoms with Gasteiger partial charge in [0.05, 0.1) is 23.2 Å². The van der Waals surface area contributed by atoms with E-state index in [9.17, 15) is 18.0 Å². The second kappa shape index (κ2) is 8.23. The summed E-state index contributed by atoms with van der Waals surface area (Å²) in [6, 6.07) is 13.8. The molecule has 34 heavy (non-hydrogen) atoms. The number of pyridine rings is 1. The Labute approximate surface area is 194 Å². The third-order valence-electron chi connectivity index (χ3n) is 6.27. The summed E-state index contributed by atoms with van der Waals surface area (Å²) in [5, 5.41) is 12.7. The summed E-state index contributed by atoms with van der Waals surface area (Å²) in [5.74, 6) is 0.316. The lowest BCUT2D eigenvalue weighted by atomic mass is 10.0. The molecule has 1 aromatic heterocycles. The number of alkyl halides is 3. The van der Waals surface area contributed by atoms with Crippen LogP contribution in [0.25, 0.3) is 0 Å². The fourth-order valence-corrected chi connectivity index (χ4v) is 4.27. The molecule has 0 spiro atoms. The van der Waals surface area contributed by atoms with Gasteiger partial charge in [0.2, 0.25) is 0 Å². The van der Waals surface area contributed by atoms with E-state index in [2.05, 4.69) is 15.2 Å². The number of carboxylic acids is 1. The highest BCUT2D eigenvalue weighted by Crippen LogP contribution is 2.50.